The summed E-state index contributed by atoms with van der Waals surface area (Å²) in [5.41, 5.74) is 1.01. The molecule has 2 N–H and O–H groups in total. The summed E-state index contributed by atoms with van der Waals surface area (Å²) >= 11 is 3.17. The van der Waals surface area contributed by atoms with E-state index in [2.05, 4.69) is 33.1 Å². The van der Waals surface area contributed by atoms with Gasteiger partial charge in [-0.1, -0.05) is 22.0 Å². The minimum absolute atomic E-state index is 0.0992. The monoisotopic (exact) mass is 380 g/mol. The Morgan fingerprint density at radius 2 is 1.87 bits per heavy atom. The Bertz CT molecular complexity index is 671. The molecule has 0 aromatic heterocycles. The van der Waals surface area contributed by atoms with Gasteiger partial charge in [0.2, 0.25) is 5.91 Å². The Hall–Kier alpha value is -1.95. The van der Waals surface area contributed by atoms with Crippen molar-refractivity contribution in [3.8, 4) is 0 Å². The van der Waals surface area contributed by atoms with Crippen molar-refractivity contribution in [2.45, 2.75) is 25.7 Å². The van der Waals surface area contributed by atoms with E-state index in [0.717, 1.165) is 12.8 Å². The third-order valence-electron chi connectivity index (χ3n) is 3.60. The molecule has 1 aromatic carbocycles. The van der Waals surface area contributed by atoms with Gasteiger partial charge < -0.3 is 10.6 Å². The largest absolute Gasteiger partial charge is 0.349 e. The highest BCUT2D eigenvalue weighted by Gasteiger charge is 2.24. The first-order chi connectivity index (χ1) is 11.0. The van der Waals surface area contributed by atoms with E-state index in [1.165, 1.54) is 12.1 Å². The number of carbonyl (C=O) groups is 2. The molecular weight excluding hydrogens is 363 g/mol. The smallest absolute Gasteiger partial charge is 0.252 e. The van der Waals surface area contributed by atoms with E-state index in [1.54, 1.807) is 12.1 Å². The number of halogens is 2. The molecule has 1 aliphatic carbocycles. The van der Waals surface area contributed by atoms with Crippen LogP contribution in [0.4, 0.5) is 10.1 Å². The van der Waals surface area contributed by atoms with Crippen LogP contribution in [0.25, 0.3) is 0 Å². The molecule has 0 saturated carbocycles. The zero-order valence-electron chi connectivity index (χ0n) is 12.6. The molecule has 0 bridgehead atoms. The fraction of sp³-hybridized carbons (Fsp3) is 0.294. The summed E-state index contributed by atoms with van der Waals surface area (Å²) < 4.78 is 14.4. The summed E-state index contributed by atoms with van der Waals surface area (Å²) in [5, 5.41) is 5.25. The van der Waals surface area contributed by atoms with Crippen molar-refractivity contribution in [1.29, 1.82) is 0 Å². The molecule has 2 rings (SSSR count). The van der Waals surface area contributed by atoms with Crippen molar-refractivity contribution in [3.63, 3.8) is 0 Å². The van der Waals surface area contributed by atoms with Crippen LogP contribution in [0.5, 0.6) is 0 Å². The van der Waals surface area contributed by atoms with Gasteiger partial charge >= 0.3 is 0 Å². The molecule has 0 heterocycles. The zero-order valence-corrected chi connectivity index (χ0v) is 14.2. The molecule has 1 aliphatic rings. The summed E-state index contributed by atoms with van der Waals surface area (Å²) in [6, 6.07) is 4.41. The first-order valence-corrected chi connectivity index (χ1v) is 8.19. The van der Waals surface area contributed by atoms with Crippen LogP contribution >= 0.6 is 15.9 Å². The molecule has 122 valence electrons. The molecule has 0 fully saturated rings. The van der Waals surface area contributed by atoms with Crippen molar-refractivity contribution >= 4 is 33.4 Å². The zero-order chi connectivity index (χ0) is 16.8. The highest BCUT2D eigenvalue weighted by atomic mass is 79.9. The van der Waals surface area contributed by atoms with Gasteiger partial charge in [-0.2, -0.15) is 0 Å². The van der Waals surface area contributed by atoms with Gasteiger partial charge in [-0.3, -0.25) is 9.59 Å². The van der Waals surface area contributed by atoms with Crippen molar-refractivity contribution < 1.29 is 14.0 Å². The van der Waals surface area contributed by atoms with Crippen molar-refractivity contribution in [2.75, 3.05) is 11.9 Å². The van der Waals surface area contributed by atoms with Gasteiger partial charge in [0, 0.05) is 22.2 Å². The van der Waals surface area contributed by atoms with E-state index in [0.29, 0.717) is 35.0 Å². The normalized spacial score (nSPS) is 14.3. The molecule has 1 aromatic rings. The Morgan fingerprint density at radius 3 is 2.48 bits per heavy atom. The molecule has 6 heteroatoms. The van der Waals surface area contributed by atoms with Crippen LogP contribution in [0.1, 0.15) is 25.7 Å². The number of rotatable bonds is 5. The first-order valence-electron chi connectivity index (χ1n) is 7.40. The maximum atomic E-state index is 13.8. The van der Waals surface area contributed by atoms with Gasteiger partial charge in [-0.05, 0) is 43.9 Å². The second-order valence-electron chi connectivity index (χ2n) is 5.24. The van der Waals surface area contributed by atoms with E-state index in [9.17, 15) is 14.0 Å². The molecule has 2 amide bonds. The fourth-order valence-electron chi connectivity index (χ4n) is 2.47. The van der Waals surface area contributed by atoms with Gasteiger partial charge in [-0.25, -0.2) is 4.39 Å². The first kappa shape index (κ1) is 17.4. The average Bonchev–Trinajstić information content (AvgIpc) is 2.55. The number of hydrogen-bond donors (Lipinski definition) is 2. The van der Waals surface area contributed by atoms with Crippen LogP contribution in [-0.2, 0) is 9.59 Å². The lowest BCUT2D eigenvalue weighted by Crippen LogP contribution is -2.29. The molecule has 0 radical (unpaired) electrons. The second kappa shape index (κ2) is 8.06. The lowest BCUT2D eigenvalue weighted by molar-refractivity contribution is -0.118. The van der Waals surface area contributed by atoms with Crippen molar-refractivity contribution in [3.05, 3.63) is 52.3 Å². The number of nitrogens with one attached hydrogen (secondary N) is 2. The Labute approximate surface area is 143 Å². The molecule has 0 atom stereocenters. The number of amides is 2. The second-order valence-corrected chi connectivity index (χ2v) is 6.16. The van der Waals surface area contributed by atoms with E-state index in [1.807, 2.05) is 0 Å². The van der Waals surface area contributed by atoms with Crippen molar-refractivity contribution in [2.24, 2.45) is 0 Å². The lowest BCUT2D eigenvalue weighted by atomic mass is 9.90. The van der Waals surface area contributed by atoms with E-state index >= 15 is 0 Å². The Kier molecular flexibility index (Phi) is 6.10. The number of benzene rings is 1. The Morgan fingerprint density at radius 1 is 1.22 bits per heavy atom. The average molecular weight is 381 g/mol. The fourth-order valence-corrected chi connectivity index (χ4v) is 2.80. The summed E-state index contributed by atoms with van der Waals surface area (Å²) in [5.74, 6) is -1.21. The molecule has 0 saturated heterocycles. The molecule has 23 heavy (non-hydrogen) atoms. The van der Waals surface area contributed by atoms with Crippen LogP contribution in [0.3, 0.4) is 0 Å². The molecule has 0 aliphatic heterocycles. The van der Waals surface area contributed by atoms with E-state index in [-0.39, 0.29) is 11.6 Å². The highest BCUT2D eigenvalue weighted by Crippen LogP contribution is 2.27. The molecular formula is C17H18BrFN2O2. The number of hydrogen-bond acceptors (Lipinski definition) is 2. The maximum Gasteiger partial charge on any atom is 0.252 e. The molecule has 0 unspecified atom stereocenters. The van der Waals surface area contributed by atoms with Gasteiger partial charge in [-0.15, -0.1) is 6.58 Å². The standard InChI is InChI=1S/C17H18BrFN2O2/c1-2-9-20-16(22)12-5-3-4-6-13(12)17(23)21-15-8-7-11(18)10-14(15)19/h2,7-8,10H,1,3-6,9H2,(H,20,22)(H,21,23). The number of carbonyl (C=O) groups excluding carboxylic acids is 2. The Balaban J connectivity index is 2.21. The predicted molar refractivity (Wildman–Crippen MR) is 91.4 cm³/mol. The summed E-state index contributed by atoms with van der Waals surface area (Å²) in [7, 11) is 0. The summed E-state index contributed by atoms with van der Waals surface area (Å²) in [6.07, 6.45) is 4.34. The van der Waals surface area contributed by atoms with E-state index in [4.69, 9.17) is 0 Å². The maximum absolute atomic E-state index is 13.8. The van der Waals surface area contributed by atoms with Gasteiger partial charge in [0.05, 0.1) is 5.69 Å². The summed E-state index contributed by atoms with van der Waals surface area (Å²) in [4.78, 5) is 24.6. The lowest BCUT2D eigenvalue weighted by Gasteiger charge is -2.19. The third-order valence-corrected chi connectivity index (χ3v) is 4.10. The quantitative estimate of drug-likeness (QED) is 0.765. The van der Waals surface area contributed by atoms with E-state index < -0.39 is 11.7 Å². The highest BCUT2D eigenvalue weighted by molar-refractivity contribution is 9.10. The summed E-state index contributed by atoms with van der Waals surface area (Å²) in [6.45, 7) is 3.89. The van der Waals surface area contributed by atoms with Crippen LogP contribution in [-0.4, -0.2) is 18.4 Å². The van der Waals surface area contributed by atoms with Crippen LogP contribution in [0.2, 0.25) is 0 Å². The SMILES string of the molecule is C=CCNC(=O)C1=C(C(=O)Nc2ccc(Br)cc2F)CCCC1. The van der Waals surface area contributed by atoms with Crippen LogP contribution in [0.15, 0.2) is 46.5 Å². The third kappa shape index (κ3) is 4.51. The molecule has 4 nitrogen and oxygen atoms in total. The minimum Gasteiger partial charge on any atom is -0.349 e. The molecule has 0 spiro atoms. The van der Waals surface area contributed by atoms with Gasteiger partial charge in [0.1, 0.15) is 5.82 Å². The van der Waals surface area contributed by atoms with Crippen LogP contribution in [0, 0.1) is 5.82 Å². The predicted octanol–water partition coefficient (Wildman–Crippen LogP) is 3.70. The van der Waals surface area contributed by atoms with Gasteiger partial charge in [0.15, 0.2) is 0 Å². The van der Waals surface area contributed by atoms with Gasteiger partial charge in [0.25, 0.3) is 5.91 Å². The number of anilines is 1. The van der Waals surface area contributed by atoms with Crippen LogP contribution < -0.4 is 10.6 Å². The topological polar surface area (TPSA) is 58.2 Å². The van der Waals surface area contributed by atoms with Crippen molar-refractivity contribution in [1.82, 2.24) is 5.32 Å². The minimum atomic E-state index is -0.526.